The second kappa shape index (κ2) is 10.4. The van der Waals surface area contributed by atoms with Crippen LogP contribution < -0.4 is 5.32 Å². The fourth-order valence-electron chi connectivity index (χ4n) is 4.50. The second-order valence-electron chi connectivity index (χ2n) is 9.62. The van der Waals surface area contributed by atoms with Crippen LogP contribution in [-0.4, -0.2) is 71.0 Å². The van der Waals surface area contributed by atoms with E-state index in [1.54, 1.807) is 0 Å². The molecule has 2 aliphatic rings. The Balaban J connectivity index is 0.000000784. The van der Waals surface area contributed by atoms with Gasteiger partial charge in [0.1, 0.15) is 12.2 Å². The molecule has 0 radical (unpaired) electrons. The molecule has 1 aliphatic carbocycles. The number of carbonyl (C=O) groups excluding carboxylic acids is 1. The lowest BCUT2D eigenvalue weighted by molar-refractivity contribution is -0.159. The molecule has 1 aromatic heterocycles. The van der Waals surface area contributed by atoms with E-state index >= 15 is 0 Å². The van der Waals surface area contributed by atoms with E-state index in [0.29, 0.717) is 19.1 Å². The van der Waals surface area contributed by atoms with Gasteiger partial charge in [-0.15, -0.1) is 0 Å². The summed E-state index contributed by atoms with van der Waals surface area (Å²) in [6.45, 7) is 5.80. The van der Waals surface area contributed by atoms with E-state index in [-0.39, 0.29) is 43.6 Å². The number of aromatic nitrogens is 2. The van der Waals surface area contributed by atoms with Gasteiger partial charge in [0.2, 0.25) is 5.91 Å². The number of amides is 1. The maximum atomic E-state index is 13.6. The molecule has 10 nitrogen and oxygen atoms in total. The third kappa shape index (κ3) is 7.34. The molecule has 15 heteroatoms. The number of likely N-dealkylation sites (tertiary alicyclic amines) is 1. The Bertz CT molecular complexity index is 1050. The van der Waals surface area contributed by atoms with E-state index in [4.69, 9.17) is 9.81 Å². The summed E-state index contributed by atoms with van der Waals surface area (Å²) in [6.07, 6.45) is -3.51. The molecule has 0 bridgehead atoms. The minimum Gasteiger partial charge on any atom is -0.329 e. The highest BCUT2D eigenvalue weighted by molar-refractivity contribution is 7.85. The van der Waals surface area contributed by atoms with Gasteiger partial charge in [0.15, 0.2) is 5.82 Å². The fraction of sp³-hybridized carbons (Fsp3) is 0.800. The molecule has 3 rings (SSSR count). The number of rotatable bonds is 5. The lowest BCUT2D eigenvalue weighted by atomic mass is 9.70. The maximum absolute atomic E-state index is 13.6. The van der Waals surface area contributed by atoms with Gasteiger partial charge in [0, 0.05) is 18.4 Å². The van der Waals surface area contributed by atoms with Gasteiger partial charge in [-0.2, -0.15) is 31.8 Å². The first-order chi connectivity index (χ1) is 15.9. The molecular formula is C20H29F4N5O5S. The minimum atomic E-state index is -4.68. The van der Waals surface area contributed by atoms with Crippen LogP contribution in [-0.2, 0) is 27.5 Å². The van der Waals surface area contributed by atoms with Gasteiger partial charge in [-0.3, -0.25) is 9.35 Å². The molecule has 1 aliphatic heterocycles. The number of nitriles is 1. The van der Waals surface area contributed by atoms with Gasteiger partial charge < -0.3 is 14.7 Å². The summed E-state index contributed by atoms with van der Waals surface area (Å²) in [7, 11) is -3.67. The number of nitrogens with zero attached hydrogens (tertiary/aromatic N) is 4. The predicted molar refractivity (Wildman–Crippen MR) is 114 cm³/mol. The average molecular weight is 528 g/mol. The Kier molecular flexibility index (Phi) is 8.56. The first-order valence-electron chi connectivity index (χ1n) is 10.8. The van der Waals surface area contributed by atoms with Gasteiger partial charge in [0.05, 0.1) is 25.4 Å². The van der Waals surface area contributed by atoms with Crippen LogP contribution in [0.1, 0.15) is 51.7 Å². The molecule has 1 aromatic rings. The van der Waals surface area contributed by atoms with Crippen molar-refractivity contribution in [2.75, 3.05) is 19.3 Å². The van der Waals surface area contributed by atoms with Crippen LogP contribution >= 0.6 is 0 Å². The highest BCUT2D eigenvalue weighted by Crippen LogP contribution is 2.51. The Morgan fingerprint density at radius 3 is 2.49 bits per heavy atom. The number of alkyl halides is 4. The Labute approximate surface area is 200 Å². The van der Waals surface area contributed by atoms with Crippen LogP contribution in [0.5, 0.6) is 0 Å². The third-order valence-electron chi connectivity index (χ3n) is 6.92. The van der Waals surface area contributed by atoms with E-state index in [1.165, 1.54) is 4.90 Å². The topological polar surface area (TPSA) is 149 Å². The smallest absolute Gasteiger partial charge is 0.329 e. The predicted octanol–water partition coefficient (Wildman–Crippen LogP) is 2.38. The molecule has 4 atom stereocenters. The van der Waals surface area contributed by atoms with Crippen molar-refractivity contribution in [2.24, 2.45) is 11.3 Å². The molecule has 0 unspecified atom stereocenters. The van der Waals surface area contributed by atoms with E-state index < -0.39 is 45.4 Å². The molecule has 1 amide bonds. The highest BCUT2D eigenvalue weighted by atomic mass is 32.2. The number of nitrogens with one attached hydrogen (secondary N) is 1. The van der Waals surface area contributed by atoms with Crippen LogP contribution in [0.4, 0.5) is 17.6 Å². The molecule has 2 N–H and O–H groups in total. The zero-order valence-electron chi connectivity index (χ0n) is 19.8. The van der Waals surface area contributed by atoms with Crippen LogP contribution in [0.2, 0.25) is 0 Å². The SMILES string of the molecule is CC1(C)[C@H](Cc2noc(C(F)(F)F)n2)CC[C@]1(C)NCC(=O)N1C[C@@H](F)C[C@H]1C#N.CS(=O)(=O)O. The molecule has 0 aromatic carbocycles. The van der Waals surface area contributed by atoms with Gasteiger partial charge in [-0.25, -0.2) is 4.39 Å². The van der Waals surface area contributed by atoms with E-state index in [0.717, 1.165) is 0 Å². The van der Waals surface area contributed by atoms with Crippen molar-refractivity contribution >= 4 is 16.0 Å². The van der Waals surface area contributed by atoms with Crippen molar-refractivity contribution in [3.05, 3.63) is 11.7 Å². The van der Waals surface area contributed by atoms with Gasteiger partial charge >= 0.3 is 12.1 Å². The average Bonchev–Trinajstić information content (AvgIpc) is 3.38. The lowest BCUT2D eigenvalue weighted by Crippen LogP contribution is -2.55. The molecule has 2 fully saturated rings. The third-order valence-corrected chi connectivity index (χ3v) is 6.92. The fourth-order valence-corrected chi connectivity index (χ4v) is 4.50. The molecule has 2 heterocycles. The zero-order valence-corrected chi connectivity index (χ0v) is 20.6. The van der Waals surface area contributed by atoms with Crippen LogP contribution in [0, 0.1) is 22.7 Å². The maximum Gasteiger partial charge on any atom is 0.471 e. The largest absolute Gasteiger partial charge is 0.471 e. The van der Waals surface area contributed by atoms with Crippen molar-refractivity contribution in [1.82, 2.24) is 20.4 Å². The van der Waals surface area contributed by atoms with E-state index in [1.807, 2.05) is 26.8 Å². The normalized spacial score (nSPS) is 28.3. The zero-order chi connectivity index (χ0) is 26.8. The summed E-state index contributed by atoms with van der Waals surface area (Å²) in [6, 6.07) is 1.20. The number of hydrogen-bond acceptors (Lipinski definition) is 8. The quantitative estimate of drug-likeness (QED) is 0.435. The summed E-state index contributed by atoms with van der Waals surface area (Å²) in [5, 5.41) is 15.8. The van der Waals surface area contributed by atoms with Crippen LogP contribution in [0.25, 0.3) is 0 Å². The van der Waals surface area contributed by atoms with E-state index in [9.17, 15) is 30.8 Å². The van der Waals surface area contributed by atoms with Crippen molar-refractivity contribution in [3.8, 4) is 6.07 Å². The number of hydrogen-bond donors (Lipinski definition) is 2. The summed E-state index contributed by atoms with van der Waals surface area (Å²) >= 11 is 0. The Morgan fingerprint density at radius 2 is 1.97 bits per heavy atom. The van der Waals surface area contributed by atoms with Crippen molar-refractivity contribution < 1.29 is 39.8 Å². The standard InChI is InChI=1S/C19H25F4N5O2.CH4O3S/c1-17(2)11(6-14-26-16(30-27-14)19(21,22)23)4-5-18(17,3)25-9-15(29)28-10-12(20)7-13(28)8-24;1-5(2,3)4/h11-13,25H,4-7,9-10H2,1-3H3;1H3,(H,2,3,4)/t11-,12-,13-,18-;/m0./s1. The van der Waals surface area contributed by atoms with Gasteiger partial charge in [-0.05, 0) is 31.1 Å². The Hall–Kier alpha value is -2.31. The van der Waals surface area contributed by atoms with Crippen molar-refractivity contribution in [3.63, 3.8) is 0 Å². The summed E-state index contributed by atoms with van der Waals surface area (Å²) in [5.41, 5.74) is -0.879. The molecule has 1 saturated carbocycles. The van der Waals surface area contributed by atoms with Crippen LogP contribution in [0.15, 0.2) is 4.52 Å². The van der Waals surface area contributed by atoms with Crippen molar-refractivity contribution in [2.45, 2.75) is 70.4 Å². The van der Waals surface area contributed by atoms with Crippen molar-refractivity contribution in [1.29, 1.82) is 5.26 Å². The number of carbonyl (C=O) groups is 1. The molecule has 198 valence electrons. The van der Waals surface area contributed by atoms with Gasteiger partial charge in [-0.1, -0.05) is 19.0 Å². The molecule has 35 heavy (non-hydrogen) atoms. The summed E-state index contributed by atoms with van der Waals surface area (Å²) in [5.74, 6) is -1.72. The van der Waals surface area contributed by atoms with Gasteiger partial charge in [0.25, 0.3) is 10.1 Å². The monoisotopic (exact) mass is 527 g/mol. The summed E-state index contributed by atoms with van der Waals surface area (Å²) < 4.78 is 81.8. The van der Waals surface area contributed by atoms with Crippen LogP contribution in [0.3, 0.4) is 0 Å². The molecular weight excluding hydrogens is 498 g/mol. The highest BCUT2D eigenvalue weighted by Gasteiger charge is 2.52. The first kappa shape index (κ1) is 28.9. The second-order valence-corrected chi connectivity index (χ2v) is 11.1. The minimum absolute atomic E-state index is 0.00337. The molecule has 0 spiro atoms. The summed E-state index contributed by atoms with van der Waals surface area (Å²) in [4.78, 5) is 17.3. The molecule has 1 saturated heterocycles. The lowest BCUT2D eigenvalue weighted by Gasteiger charge is -2.42. The number of halogens is 4. The Morgan fingerprint density at radius 1 is 1.37 bits per heavy atom. The van der Waals surface area contributed by atoms with E-state index in [2.05, 4.69) is 20.0 Å². The first-order valence-corrected chi connectivity index (χ1v) is 12.6.